The molecule has 2 heterocycles. The van der Waals surface area contributed by atoms with Gasteiger partial charge in [0, 0.05) is 18.5 Å². The monoisotopic (exact) mass is 404 g/mol. The van der Waals surface area contributed by atoms with Crippen molar-refractivity contribution in [1.82, 2.24) is 9.55 Å². The molecule has 0 aliphatic carbocycles. The van der Waals surface area contributed by atoms with Gasteiger partial charge in [0.25, 0.3) is 5.56 Å². The van der Waals surface area contributed by atoms with Gasteiger partial charge in [0.05, 0.1) is 16.5 Å². The molecule has 1 aromatic heterocycles. The zero-order chi connectivity index (χ0) is 21.1. The lowest BCUT2D eigenvalue weighted by Gasteiger charge is -2.11. The Hall–Kier alpha value is -3.28. The van der Waals surface area contributed by atoms with Crippen LogP contribution in [0.5, 0.6) is 0 Å². The molecular weight excluding hydrogens is 380 g/mol. The van der Waals surface area contributed by atoms with Crippen LogP contribution in [-0.2, 0) is 24.1 Å². The Morgan fingerprint density at radius 2 is 1.80 bits per heavy atom. The first-order valence-corrected chi connectivity index (χ1v) is 10.4. The van der Waals surface area contributed by atoms with Crippen molar-refractivity contribution in [3.05, 3.63) is 75.3 Å². The van der Waals surface area contributed by atoms with Gasteiger partial charge in [-0.2, -0.15) is 0 Å². The lowest BCUT2D eigenvalue weighted by Crippen LogP contribution is -2.24. The van der Waals surface area contributed by atoms with Crippen molar-refractivity contribution >= 4 is 22.7 Å². The predicted molar refractivity (Wildman–Crippen MR) is 114 cm³/mol. The van der Waals surface area contributed by atoms with Gasteiger partial charge in [-0.25, -0.2) is 9.78 Å². The Balaban J connectivity index is 1.51. The summed E-state index contributed by atoms with van der Waals surface area (Å²) in [6, 6.07) is 12.0. The molecular formula is C24H24N2O4. The number of hydrogen-bond donors (Lipinski definition) is 0. The largest absolute Gasteiger partial charge is 0.454 e. The van der Waals surface area contributed by atoms with Crippen molar-refractivity contribution in [2.75, 3.05) is 6.61 Å². The minimum atomic E-state index is -0.604. The summed E-state index contributed by atoms with van der Waals surface area (Å²) in [5.74, 6) is -0.0954. The number of Topliss-reactive ketones (excluding diaryl/α,β-unsaturated/α-hetero) is 1. The number of rotatable bonds is 5. The van der Waals surface area contributed by atoms with Crippen LogP contribution in [-0.4, -0.2) is 27.9 Å². The molecule has 0 spiro atoms. The van der Waals surface area contributed by atoms with E-state index in [1.165, 1.54) is 0 Å². The van der Waals surface area contributed by atoms with Gasteiger partial charge in [0.15, 0.2) is 12.4 Å². The molecule has 0 saturated carbocycles. The number of ether oxygens (including phenoxy) is 1. The number of nitrogens with zero attached hydrogens (tertiary/aromatic N) is 2. The molecule has 0 bridgehead atoms. The van der Waals surface area contributed by atoms with Crippen molar-refractivity contribution in [2.45, 2.75) is 45.6 Å². The van der Waals surface area contributed by atoms with Crippen LogP contribution >= 0.6 is 0 Å². The second-order valence-electron chi connectivity index (χ2n) is 7.58. The summed E-state index contributed by atoms with van der Waals surface area (Å²) in [4.78, 5) is 42.2. The maximum Gasteiger partial charge on any atom is 0.338 e. The van der Waals surface area contributed by atoms with E-state index in [-0.39, 0.29) is 23.5 Å². The third kappa shape index (κ3) is 4.03. The number of aryl methyl sites for hydroxylation is 2. The van der Waals surface area contributed by atoms with Crippen LogP contribution in [0.3, 0.4) is 0 Å². The number of benzene rings is 2. The molecule has 0 fully saturated rings. The average Bonchev–Trinajstić information content (AvgIpc) is 3.02. The van der Waals surface area contributed by atoms with E-state index < -0.39 is 5.97 Å². The Labute approximate surface area is 174 Å². The number of fused-ring (bicyclic) bond motifs is 2. The van der Waals surface area contributed by atoms with E-state index in [4.69, 9.17) is 4.74 Å². The van der Waals surface area contributed by atoms with Crippen LogP contribution < -0.4 is 5.56 Å². The standard InChI is InChI=1S/C24H24N2O4/c1-2-16-7-9-17(10-8-16)21(27)15-30-24(29)18-11-12-19-20(14-18)25-22-6-4-3-5-13-26(22)23(19)28/h7-12,14H,2-6,13,15H2,1H3. The molecule has 6 heteroatoms. The van der Waals surface area contributed by atoms with Crippen LogP contribution in [0.4, 0.5) is 0 Å². The molecule has 0 N–H and O–H groups in total. The van der Waals surface area contributed by atoms with E-state index in [2.05, 4.69) is 4.98 Å². The molecule has 0 unspecified atom stereocenters. The van der Waals surface area contributed by atoms with Gasteiger partial charge in [-0.3, -0.25) is 14.2 Å². The molecule has 154 valence electrons. The van der Waals surface area contributed by atoms with E-state index >= 15 is 0 Å². The van der Waals surface area contributed by atoms with Gasteiger partial charge >= 0.3 is 5.97 Å². The molecule has 3 aromatic rings. The summed E-state index contributed by atoms with van der Waals surface area (Å²) in [5.41, 5.74) is 2.35. The van der Waals surface area contributed by atoms with E-state index in [0.29, 0.717) is 23.0 Å². The quantitative estimate of drug-likeness (QED) is 0.478. The molecule has 4 rings (SSSR count). The van der Waals surface area contributed by atoms with Crippen molar-refractivity contribution < 1.29 is 14.3 Å². The molecule has 2 aromatic carbocycles. The minimum Gasteiger partial charge on any atom is -0.454 e. The highest BCUT2D eigenvalue weighted by atomic mass is 16.5. The van der Waals surface area contributed by atoms with Crippen LogP contribution in [0.1, 0.15) is 58.3 Å². The van der Waals surface area contributed by atoms with Crippen molar-refractivity contribution in [3.8, 4) is 0 Å². The fourth-order valence-electron chi connectivity index (χ4n) is 3.77. The van der Waals surface area contributed by atoms with Crippen molar-refractivity contribution in [1.29, 1.82) is 0 Å². The zero-order valence-electron chi connectivity index (χ0n) is 17.0. The first-order valence-electron chi connectivity index (χ1n) is 10.4. The van der Waals surface area contributed by atoms with Crippen LogP contribution in [0.2, 0.25) is 0 Å². The normalized spacial score (nSPS) is 13.5. The fraction of sp³-hybridized carbons (Fsp3) is 0.333. The number of esters is 1. The van der Waals surface area contributed by atoms with Gasteiger partial charge in [-0.15, -0.1) is 0 Å². The summed E-state index contributed by atoms with van der Waals surface area (Å²) < 4.78 is 6.96. The molecule has 0 radical (unpaired) electrons. The van der Waals surface area contributed by atoms with E-state index in [9.17, 15) is 14.4 Å². The number of carbonyl (C=O) groups excluding carboxylic acids is 2. The van der Waals surface area contributed by atoms with Gasteiger partial charge in [-0.1, -0.05) is 37.6 Å². The first kappa shape index (κ1) is 20.0. The smallest absolute Gasteiger partial charge is 0.338 e. The van der Waals surface area contributed by atoms with Crippen molar-refractivity contribution in [3.63, 3.8) is 0 Å². The Kier molecular flexibility index (Phi) is 5.74. The maximum atomic E-state index is 12.8. The van der Waals surface area contributed by atoms with Crippen LogP contribution in [0, 0.1) is 0 Å². The van der Waals surface area contributed by atoms with E-state index in [1.54, 1.807) is 34.9 Å². The van der Waals surface area contributed by atoms with Crippen molar-refractivity contribution in [2.24, 2.45) is 0 Å². The Morgan fingerprint density at radius 1 is 1.03 bits per heavy atom. The lowest BCUT2D eigenvalue weighted by molar-refractivity contribution is 0.0475. The summed E-state index contributed by atoms with van der Waals surface area (Å²) >= 11 is 0. The summed E-state index contributed by atoms with van der Waals surface area (Å²) in [6.45, 7) is 2.40. The SMILES string of the molecule is CCc1ccc(C(=O)COC(=O)c2ccc3c(=O)n4c(nc3c2)CCCCC4)cc1. The Morgan fingerprint density at radius 3 is 2.57 bits per heavy atom. The van der Waals surface area contributed by atoms with E-state index in [0.717, 1.165) is 43.5 Å². The molecule has 30 heavy (non-hydrogen) atoms. The highest BCUT2D eigenvalue weighted by Crippen LogP contribution is 2.17. The highest BCUT2D eigenvalue weighted by molar-refractivity contribution is 6.00. The second kappa shape index (κ2) is 8.61. The number of carbonyl (C=O) groups is 2. The average molecular weight is 404 g/mol. The zero-order valence-corrected chi connectivity index (χ0v) is 17.0. The topological polar surface area (TPSA) is 78.3 Å². The lowest BCUT2D eigenvalue weighted by atomic mass is 10.1. The minimum absolute atomic E-state index is 0.0671. The predicted octanol–water partition coefficient (Wildman–Crippen LogP) is 3.73. The maximum absolute atomic E-state index is 12.8. The van der Waals surface area contributed by atoms with Gasteiger partial charge in [0.2, 0.25) is 0 Å². The number of aromatic nitrogens is 2. The number of ketones is 1. The molecule has 1 aliphatic rings. The number of hydrogen-bond acceptors (Lipinski definition) is 5. The Bertz CT molecular complexity index is 1160. The second-order valence-corrected chi connectivity index (χ2v) is 7.58. The molecule has 0 amide bonds. The van der Waals surface area contributed by atoms with Gasteiger partial charge in [-0.05, 0) is 43.0 Å². The summed E-state index contributed by atoms with van der Waals surface area (Å²) in [6.07, 6.45) is 4.70. The first-order chi connectivity index (χ1) is 14.6. The molecule has 6 nitrogen and oxygen atoms in total. The van der Waals surface area contributed by atoms with Gasteiger partial charge in [0.1, 0.15) is 5.82 Å². The van der Waals surface area contributed by atoms with E-state index in [1.807, 2.05) is 19.1 Å². The van der Waals surface area contributed by atoms with Gasteiger partial charge < -0.3 is 4.74 Å². The van der Waals surface area contributed by atoms with Crippen LogP contribution in [0.15, 0.2) is 47.3 Å². The molecule has 0 saturated heterocycles. The third-order valence-corrected chi connectivity index (χ3v) is 5.57. The fourth-order valence-corrected chi connectivity index (χ4v) is 3.77. The summed E-state index contributed by atoms with van der Waals surface area (Å²) in [5, 5.41) is 0.490. The third-order valence-electron chi connectivity index (χ3n) is 5.57. The van der Waals surface area contributed by atoms with Crippen LogP contribution in [0.25, 0.3) is 10.9 Å². The molecule has 0 atom stereocenters. The summed E-state index contributed by atoms with van der Waals surface area (Å²) in [7, 11) is 0. The molecule has 1 aliphatic heterocycles. The highest BCUT2D eigenvalue weighted by Gasteiger charge is 2.17.